The molecule has 0 aromatic carbocycles. The van der Waals surface area contributed by atoms with E-state index in [9.17, 15) is 0 Å². The van der Waals surface area contributed by atoms with E-state index in [0.717, 1.165) is 0 Å². The van der Waals surface area contributed by atoms with Gasteiger partial charge in [-0.15, -0.1) is 0 Å². The van der Waals surface area contributed by atoms with E-state index in [1.807, 2.05) is 0 Å². The topological polar surface area (TPSA) is 67.8 Å². The van der Waals surface area contributed by atoms with Gasteiger partial charge in [0, 0.05) is 0 Å². The maximum Gasteiger partial charge on any atom is 0.569 e. The highest BCUT2D eigenvalue weighted by Gasteiger charge is 1.87. The van der Waals surface area contributed by atoms with Crippen LogP contribution in [0.2, 0.25) is 0 Å². The molecule has 0 atom stereocenters. The average molecular weight is 141 g/mol. The summed E-state index contributed by atoms with van der Waals surface area (Å²) < 4.78 is 4.52. The first kappa shape index (κ1) is 9.03. The molecule has 0 aliphatic heterocycles. The Hall–Kier alpha value is -0.965. The van der Waals surface area contributed by atoms with Crippen LogP contribution in [0.15, 0.2) is 17.0 Å². The van der Waals surface area contributed by atoms with Crippen LogP contribution in [0.3, 0.4) is 0 Å². The molecule has 0 aliphatic rings. The molecule has 5 heteroatoms. The lowest BCUT2D eigenvalue weighted by atomic mass is 10.4. The maximum absolute atomic E-state index is 8.13. The third-order valence-electron chi connectivity index (χ3n) is 0.689. The van der Waals surface area contributed by atoms with Crippen LogP contribution in [0, 0.1) is 0 Å². The Morgan fingerprint density at radius 2 is 2.30 bits per heavy atom. The van der Waals surface area contributed by atoms with Crippen molar-refractivity contribution in [2.24, 2.45) is 10.7 Å². The third kappa shape index (κ3) is 5.18. The molecular formula is C5H10BN2O2. The van der Waals surface area contributed by atoms with Gasteiger partial charge in [0.05, 0.1) is 17.8 Å². The molecule has 0 heterocycles. The van der Waals surface area contributed by atoms with Crippen molar-refractivity contribution in [2.45, 2.75) is 13.8 Å². The fourth-order valence-electron chi connectivity index (χ4n) is 0.306. The summed E-state index contributed by atoms with van der Waals surface area (Å²) in [5, 5.41) is 8.13. The van der Waals surface area contributed by atoms with Gasteiger partial charge in [0.15, 0.2) is 0 Å². The molecule has 0 unspecified atom stereocenters. The second-order valence-corrected chi connectivity index (χ2v) is 1.73. The lowest BCUT2D eigenvalue weighted by Crippen LogP contribution is -2.04. The second kappa shape index (κ2) is 4.87. The number of hydrogen-bond acceptors (Lipinski definition) is 3. The number of allylic oxidation sites excluding steroid dienone is 1. The first-order valence-corrected chi connectivity index (χ1v) is 2.76. The van der Waals surface area contributed by atoms with E-state index in [1.54, 1.807) is 13.8 Å². The summed E-state index contributed by atoms with van der Waals surface area (Å²) in [7, 11) is 0.590. The molecular weight excluding hydrogens is 131 g/mol. The molecule has 0 saturated carbocycles. The maximum atomic E-state index is 8.13. The van der Waals surface area contributed by atoms with Crippen molar-refractivity contribution < 1.29 is 9.68 Å². The highest BCUT2D eigenvalue weighted by atomic mass is 16.5. The molecule has 0 aromatic rings. The van der Waals surface area contributed by atoms with Crippen LogP contribution in [0.4, 0.5) is 0 Å². The van der Waals surface area contributed by atoms with Crippen molar-refractivity contribution >= 4 is 13.5 Å². The van der Waals surface area contributed by atoms with Crippen molar-refractivity contribution in [3.8, 4) is 0 Å². The molecule has 0 bridgehead atoms. The van der Waals surface area contributed by atoms with Crippen LogP contribution in [-0.2, 0) is 4.65 Å². The van der Waals surface area contributed by atoms with Crippen LogP contribution in [0.5, 0.6) is 0 Å². The predicted octanol–water partition coefficient (Wildman–Crippen LogP) is -0.232. The number of aliphatic imine (C=N–C) groups is 1. The summed E-state index contributed by atoms with van der Waals surface area (Å²) in [6.07, 6.45) is 1.42. The highest BCUT2D eigenvalue weighted by Crippen LogP contribution is 1.92. The summed E-state index contributed by atoms with van der Waals surface area (Å²) in [4.78, 5) is 3.72. The number of nitrogens with zero attached hydrogens (tertiary/aromatic N) is 1. The van der Waals surface area contributed by atoms with E-state index >= 15 is 0 Å². The van der Waals surface area contributed by atoms with Crippen molar-refractivity contribution in [2.75, 3.05) is 0 Å². The minimum atomic E-state index is 0.445. The first-order chi connectivity index (χ1) is 4.66. The van der Waals surface area contributed by atoms with E-state index in [2.05, 4.69) is 9.65 Å². The molecule has 0 rings (SSSR count). The standard InChI is InChI=1S/C5H10BN2O2/c1-4(10-6-9)3-8-5(2)7/h3,9H,1-2H3,(H2,7,8)/b4-3+. The molecule has 55 valence electrons. The summed E-state index contributed by atoms with van der Waals surface area (Å²) >= 11 is 0. The SMILES string of the molecule is CC(N)=N/C=C(\C)O[B]O. The van der Waals surface area contributed by atoms with E-state index in [0.29, 0.717) is 19.3 Å². The number of hydrogen-bond donors (Lipinski definition) is 2. The minimum absolute atomic E-state index is 0.445. The lowest BCUT2D eigenvalue weighted by Gasteiger charge is -1.96. The quantitative estimate of drug-likeness (QED) is 0.247. The van der Waals surface area contributed by atoms with Gasteiger partial charge in [-0.1, -0.05) is 0 Å². The van der Waals surface area contributed by atoms with Crippen molar-refractivity contribution in [1.29, 1.82) is 0 Å². The van der Waals surface area contributed by atoms with Gasteiger partial charge in [-0.25, -0.2) is 4.99 Å². The van der Waals surface area contributed by atoms with Crippen LogP contribution in [0.25, 0.3) is 0 Å². The molecule has 1 radical (unpaired) electrons. The fraction of sp³-hybridized carbons (Fsp3) is 0.400. The van der Waals surface area contributed by atoms with Gasteiger partial charge >= 0.3 is 7.69 Å². The smallest absolute Gasteiger partial charge is 0.540 e. The molecule has 0 spiro atoms. The molecule has 3 N–H and O–H groups in total. The Morgan fingerprint density at radius 1 is 1.70 bits per heavy atom. The first-order valence-electron chi connectivity index (χ1n) is 2.76. The van der Waals surface area contributed by atoms with Crippen molar-refractivity contribution in [3.05, 3.63) is 12.0 Å². The number of rotatable bonds is 3. The van der Waals surface area contributed by atoms with E-state index in [-0.39, 0.29) is 0 Å². The Kier molecular flexibility index (Phi) is 4.40. The van der Waals surface area contributed by atoms with E-state index in [4.69, 9.17) is 10.8 Å². The molecule has 4 nitrogen and oxygen atoms in total. The largest absolute Gasteiger partial charge is 0.569 e. The molecule has 0 amide bonds. The second-order valence-electron chi connectivity index (χ2n) is 1.73. The lowest BCUT2D eigenvalue weighted by molar-refractivity contribution is 0.370. The van der Waals surface area contributed by atoms with Crippen molar-refractivity contribution in [3.63, 3.8) is 0 Å². The zero-order valence-electron chi connectivity index (χ0n) is 6.03. The van der Waals surface area contributed by atoms with Gasteiger partial charge in [-0.2, -0.15) is 0 Å². The Bertz CT molecular complexity index is 152. The van der Waals surface area contributed by atoms with Crippen LogP contribution in [-0.4, -0.2) is 18.5 Å². The highest BCUT2D eigenvalue weighted by molar-refractivity contribution is 6.16. The summed E-state index contributed by atoms with van der Waals surface area (Å²) in [5.74, 6) is 0.924. The Balaban J connectivity index is 3.79. The van der Waals surface area contributed by atoms with E-state index in [1.165, 1.54) is 6.20 Å². The van der Waals surface area contributed by atoms with Gasteiger partial charge in [-0.05, 0) is 13.8 Å². The molecule has 0 aromatic heterocycles. The fourth-order valence-corrected chi connectivity index (χ4v) is 0.306. The van der Waals surface area contributed by atoms with Crippen LogP contribution in [0.1, 0.15) is 13.8 Å². The van der Waals surface area contributed by atoms with Crippen molar-refractivity contribution in [1.82, 2.24) is 0 Å². The van der Waals surface area contributed by atoms with E-state index < -0.39 is 0 Å². The number of amidine groups is 1. The Labute approximate surface area is 60.7 Å². The normalized spacial score (nSPS) is 13.1. The Morgan fingerprint density at radius 3 is 2.70 bits per heavy atom. The zero-order chi connectivity index (χ0) is 7.98. The molecule has 0 aliphatic carbocycles. The third-order valence-corrected chi connectivity index (χ3v) is 0.689. The zero-order valence-corrected chi connectivity index (χ0v) is 6.03. The molecule has 0 fully saturated rings. The van der Waals surface area contributed by atoms with Gasteiger partial charge in [0.2, 0.25) is 0 Å². The van der Waals surface area contributed by atoms with Crippen LogP contribution < -0.4 is 5.73 Å². The van der Waals surface area contributed by atoms with Gasteiger partial charge in [0.25, 0.3) is 0 Å². The van der Waals surface area contributed by atoms with Crippen LogP contribution >= 0.6 is 0 Å². The van der Waals surface area contributed by atoms with Gasteiger partial charge in [0.1, 0.15) is 0 Å². The molecule has 0 saturated heterocycles. The van der Waals surface area contributed by atoms with Gasteiger partial charge in [-0.3, -0.25) is 0 Å². The summed E-state index contributed by atoms with van der Waals surface area (Å²) in [6.45, 7) is 3.31. The predicted molar refractivity (Wildman–Crippen MR) is 40.1 cm³/mol. The molecule has 10 heavy (non-hydrogen) atoms. The van der Waals surface area contributed by atoms with Gasteiger partial charge < -0.3 is 15.4 Å². The monoisotopic (exact) mass is 141 g/mol. The average Bonchev–Trinajstić information content (AvgIpc) is 1.85. The summed E-state index contributed by atoms with van der Waals surface area (Å²) in [6, 6.07) is 0. The summed E-state index contributed by atoms with van der Waals surface area (Å²) in [5.41, 5.74) is 5.21. The number of nitrogens with two attached hydrogens (primary N) is 1. The minimum Gasteiger partial charge on any atom is -0.540 e.